The van der Waals surface area contributed by atoms with Crippen molar-refractivity contribution >= 4 is 29.1 Å². The van der Waals surface area contributed by atoms with Gasteiger partial charge in [0.15, 0.2) is 0 Å². The lowest BCUT2D eigenvalue weighted by atomic mass is 10.1. The maximum absolute atomic E-state index is 6.13. The molecule has 0 atom stereocenters. The SMILES string of the molecule is C#C.Clc1ccc(C2=CCC=C(c3ccc(OCCN(CC4CC4)C4CCOCC4)cc3)N=C2)cc1. The van der Waals surface area contributed by atoms with E-state index in [0.29, 0.717) is 6.04 Å². The summed E-state index contributed by atoms with van der Waals surface area (Å²) in [5.41, 5.74) is 4.33. The molecule has 2 heterocycles. The molecule has 0 unspecified atom stereocenters. The fourth-order valence-corrected chi connectivity index (χ4v) is 4.80. The van der Waals surface area contributed by atoms with Gasteiger partial charge in [-0.1, -0.05) is 35.9 Å². The first kappa shape index (κ1) is 26.2. The largest absolute Gasteiger partial charge is 0.492 e. The van der Waals surface area contributed by atoms with Crippen molar-refractivity contribution in [3.8, 4) is 18.6 Å². The maximum atomic E-state index is 6.13. The molecular weight excluding hydrogens is 468 g/mol. The third-order valence-electron chi connectivity index (χ3n) is 6.86. The maximum Gasteiger partial charge on any atom is 0.119 e. The van der Waals surface area contributed by atoms with Crippen LogP contribution in [0.3, 0.4) is 0 Å². The molecule has 0 N–H and O–H groups in total. The zero-order chi connectivity index (χ0) is 25.2. The van der Waals surface area contributed by atoms with Crippen LogP contribution in [0.25, 0.3) is 11.3 Å². The van der Waals surface area contributed by atoms with Crippen LogP contribution >= 0.6 is 11.6 Å². The Labute approximate surface area is 220 Å². The van der Waals surface area contributed by atoms with Gasteiger partial charge in [0.05, 0.1) is 5.70 Å². The quantitative estimate of drug-likeness (QED) is 0.355. The number of aliphatic imine (C=N–C) groups is 1. The Morgan fingerprint density at radius 3 is 2.31 bits per heavy atom. The Morgan fingerprint density at radius 1 is 0.917 bits per heavy atom. The van der Waals surface area contributed by atoms with Gasteiger partial charge in [-0.05, 0) is 85.6 Å². The van der Waals surface area contributed by atoms with E-state index < -0.39 is 0 Å². The van der Waals surface area contributed by atoms with Gasteiger partial charge >= 0.3 is 0 Å². The molecule has 1 aliphatic carbocycles. The molecule has 5 rings (SSSR count). The van der Waals surface area contributed by atoms with Crippen LogP contribution in [-0.2, 0) is 4.74 Å². The van der Waals surface area contributed by atoms with Crippen LogP contribution in [0.4, 0.5) is 0 Å². The molecule has 0 bridgehead atoms. The van der Waals surface area contributed by atoms with Crippen LogP contribution in [0.1, 0.15) is 43.2 Å². The number of nitrogens with zero attached hydrogens (tertiary/aromatic N) is 2. The second kappa shape index (κ2) is 13.5. The molecule has 3 aliphatic rings. The first-order valence-corrected chi connectivity index (χ1v) is 13.2. The summed E-state index contributed by atoms with van der Waals surface area (Å²) in [4.78, 5) is 7.39. The van der Waals surface area contributed by atoms with Crippen LogP contribution in [0.5, 0.6) is 5.75 Å². The van der Waals surface area contributed by atoms with Crippen LogP contribution in [0.2, 0.25) is 5.02 Å². The molecule has 2 fully saturated rings. The van der Waals surface area contributed by atoms with E-state index in [4.69, 9.17) is 26.1 Å². The fourth-order valence-electron chi connectivity index (χ4n) is 4.68. The summed E-state index contributed by atoms with van der Waals surface area (Å²) in [7, 11) is 0. The third kappa shape index (κ3) is 7.58. The van der Waals surface area contributed by atoms with E-state index in [0.717, 1.165) is 84.7 Å². The number of ether oxygens (including phenoxy) is 2. The second-order valence-electron chi connectivity index (χ2n) is 9.40. The summed E-state index contributed by atoms with van der Waals surface area (Å²) in [6, 6.07) is 16.9. The van der Waals surface area contributed by atoms with Gasteiger partial charge in [-0.3, -0.25) is 9.89 Å². The minimum Gasteiger partial charge on any atom is -0.492 e. The van der Waals surface area contributed by atoms with Gasteiger partial charge in [-0.25, -0.2) is 0 Å². The van der Waals surface area contributed by atoms with Crippen LogP contribution in [-0.4, -0.2) is 50.1 Å². The Morgan fingerprint density at radius 2 is 1.61 bits per heavy atom. The van der Waals surface area contributed by atoms with E-state index in [-0.39, 0.29) is 0 Å². The molecule has 0 aromatic heterocycles. The number of benzene rings is 2. The number of halogens is 1. The average molecular weight is 503 g/mol. The van der Waals surface area contributed by atoms with Crippen molar-refractivity contribution in [2.75, 3.05) is 32.9 Å². The molecule has 0 spiro atoms. The van der Waals surface area contributed by atoms with Crippen molar-refractivity contribution in [3.05, 3.63) is 76.8 Å². The molecule has 2 aromatic carbocycles. The topological polar surface area (TPSA) is 34.1 Å². The summed E-state index contributed by atoms with van der Waals surface area (Å²) in [5, 5.41) is 0.746. The highest BCUT2D eigenvalue weighted by atomic mass is 35.5. The molecule has 4 nitrogen and oxygen atoms in total. The number of allylic oxidation sites excluding steroid dienone is 3. The number of hydrogen-bond donors (Lipinski definition) is 0. The molecule has 1 saturated carbocycles. The van der Waals surface area contributed by atoms with E-state index in [2.05, 4.69) is 54.2 Å². The second-order valence-corrected chi connectivity index (χ2v) is 9.84. The Balaban J connectivity index is 0.00000148. The standard InChI is InChI=1S/C29H33ClN2O2.C2H2/c30-26-10-6-23(7-11-26)25-2-1-3-29(31-20-25)24-8-12-28(13-9-24)34-19-16-32(21-22-4-5-22)27-14-17-33-18-15-27;1-2/h2-3,6-13,20,22,27H,1,4-5,14-19,21H2;1-2H. The first-order chi connectivity index (χ1) is 17.7. The van der Waals surface area contributed by atoms with Gasteiger partial charge in [0.25, 0.3) is 0 Å². The Hall–Kier alpha value is -2.84. The Kier molecular flexibility index (Phi) is 9.81. The third-order valence-corrected chi connectivity index (χ3v) is 7.12. The molecular formula is C31H35ClN2O2. The number of hydrogen-bond acceptors (Lipinski definition) is 4. The highest BCUT2D eigenvalue weighted by Crippen LogP contribution is 2.31. The highest BCUT2D eigenvalue weighted by Gasteiger charge is 2.29. The summed E-state index contributed by atoms with van der Waals surface area (Å²) < 4.78 is 11.7. The highest BCUT2D eigenvalue weighted by molar-refractivity contribution is 6.30. The summed E-state index contributed by atoms with van der Waals surface area (Å²) in [6.45, 7) is 4.70. The molecule has 188 valence electrons. The van der Waals surface area contributed by atoms with E-state index in [1.807, 2.05) is 30.5 Å². The van der Waals surface area contributed by atoms with Gasteiger partial charge in [-0.2, -0.15) is 0 Å². The summed E-state index contributed by atoms with van der Waals surface area (Å²) in [6.07, 6.45) is 20.2. The van der Waals surface area contributed by atoms with E-state index in [1.54, 1.807) is 0 Å². The van der Waals surface area contributed by atoms with E-state index in [1.165, 1.54) is 19.4 Å². The monoisotopic (exact) mass is 502 g/mol. The van der Waals surface area contributed by atoms with Crippen molar-refractivity contribution in [2.45, 2.75) is 38.1 Å². The molecule has 2 aliphatic heterocycles. The number of rotatable bonds is 9. The minimum atomic E-state index is 0.645. The molecule has 1 saturated heterocycles. The first-order valence-electron chi connectivity index (χ1n) is 12.8. The minimum absolute atomic E-state index is 0.645. The van der Waals surface area contributed by atoms with Crippen molar-refractivity contribution < 1.29 is 9.47 Å². The molecule has 36 heavy (non-hydrogen) atoms. The smallest absolute Gasteiger partial charge is 0.119 e. The lowest BCUT2D eigenvalue weighted by Crippen LogP contribution is -2.42. The summed E-state index contributed by atoms with van der Waals surface area (Å²) >= 11 is 6.02. The zero-order valence-corrected chi connectivity index (χ0v) is 21.6. The van der Waals surface area contributed by atoms with Crippen LogP contribution in [0.15, 0.2) is 65.7 Å². The van der Waals surface area contributed by atoms with Gasteiger partial charge in [0, 0.05) is 49.1 Å². The molecule has 0 radical (unpaired) electrons. The van der Waals surface area contributed by atoms with Crippen LogP contribution in [0, 0.1) is 18.8 Å². The summed E-state index contributed by atoms with van der Waals surface area (Å²) in [5.74, 6) is 1.81. The predicted molar refractivity (Wildman–Crippen MR) is 150 cm³/mol. The Bertz CT molecular complexity index is 1080. The normalized spacial score (nSPS) is 18.0. The molecule has 2 aromatic rings. The van der Waals surface area contributed by atoms with Gasteiger partial charge < -0.3 is 9.47 Å². The van der Waals surface area contributed by atoms with Gasteiger partial charge in [0.1, 0.15) is 12.4 Å². The average Bonchev–Trinajstić information content (AvgIpc) is 3.78. The number of terminal acetylenes is 1. The lowest BCUT2D eigenvalue weighted by molar-refractivity contribution is 0.0276. The van der Waals surface area contributed by atoms with Crippen molar-refractivity contribution in [1.29, 1.82) is 0 Å². The van der Waals surface area contributed by atoms with E-state index >= 15 is 0 Å². The van der Waals surface area contributed by atoms with Gasteiger partial charge in [-0.15, -0.1) is 12.8 Å². The molecule has 5 heteroatoms. The van der Waals surface area contributed by atoms with Crippen LogP contribution < -0.4 is 4.74 Å². The lowest BCUT2D eigenvalue weighted by Gasteiger charge is -2.34. The van der Waals surface area contributed by atoms with Crippen molar-refractivity contribution in [2.24, 2.45) is 10.9 Å². The van der Waals surface area contributed by atoms with Gasteiger partial charge in [0.2, 0.25) is 0 Å². The van der Waals surface area contributed by atoms with Crippen molar-refractivity contribution in [3.63, 3.8) is 0 Å². The van der Waals surface area contributed by atoms with Crippen molar-refractivity contribution in [1.82, 2.24) is 4.90 Å². The zero-order valence-electron chi connectivity index (χ0n) is 20.8. The predicted octanol–water partition coefficient (Wildman–Crippen LogP) is 6.76. The fraction of sp³-hybridized carbons (Fsp3) is 0.387. The molecule has 0 amide bonds. The van der Waals surface area contributed by atoms with E-state index in [9.17, 15) is 0 Å².